The molecule has 0 radical (unpaired) electrons. The highest BCUT2D eigenvalue weighted by atomic mass is 16.5. The van der Waals surface area contributed by atoms with Crippen LogP contribution in [0.5, 0.6) is 0 Å². The monoisotopic (exact) mass is 278 g/mol. The summed E-state index contributed by atoms with van der Waals surface area (Å²) >= 11 is 0. The maximum atomic E-state index is 11.5. The normalized spacial score (nSPS) is 10.1. The van der Waals surface area contributed by atoms with Gasteiger partial charge in [-0.1, -0.05) is 31.2 Å². The summed E-state index contributed by atoms with van der Waals surface area (Å²) in [6.07, 6.45) is 1.67. The van der Waals surface area contributed by atoms with E-state index in [4.69, 9.17) is 4.74 Å². The van der Waals surface area contributed by atoms with E-state index in [2.05, 4.69) is 17.6 Å². The van der Waals surface area contributed by atoms with Gasteiger partial charge in [0.25, 0.3) is 0 Å². The number of hydrogen-bond acceptors (Lipinski definition) is 3. The molecule has 20 heavy (non-hydrogen) atoms. The molecule has 0 saturated heterocycles. The van der Waals surface area contributed by atoms with Gasteiger partial charge >= 0.3 is 11.8 Å². The van der Waals surface area contributed by atoms with Crippen molar-refractivity contribution in [2.75, 3.05) is 20.3 Å². The van der Waals surface area contributed by atoms with Crippen molar-refractivity contribution < 1.29 is 14.3 Å². The van der Waals surface area contributed by atoms with Crippen molar-refractivity contribution in [2.45, 2.75) is 26.3 Å². The average Bonchev–Trinajstić information content (AvgIpc) is 2.49. The van der Waals surface area contributed by atoms with Crippen LogP contribution in [0, 0.1) is 0 Å². The van der Waals surface area contributed by atoms with Crippen molar-refractivity contribution in [1.29, 1.82) is 0 Å². The van der Waals surface area contributed by atoms with Crippen LogP contribution in [0.2, 0.25) is 0 Å². The maximum absolute atomic E-state index is 11.5. The van der Waals surface area contributed by atoms with Gasteiger partial charge in [0.05, 0.1) is 0 Å². The number of methoxy groups -OCH3 is 1. The molecule has 0 spiro atoms. The standard InChI is InChI=1S/C15H22N2O3/c1-3-12-5-7-13(8-6-12)11-17-15(19)14(18)16-9-4-10-20-2/h5-8H,3-4,9-11H2,1-2H3,(H,16,18)(H,17,19). The Kier molecular flexibility index (Phi) is 7.35. The number of hydrogen-bond donors (Lipinski definition) is 2. The van der Waals surface area contributed by atoms with Gasteiger partial charge < -0.3 is 15.4 Å². The molecule has 1 aromatic carbocycles. The third-order valence-electron chi connectivity index (χ3n) is 2.90. The number of rotatable bonds is 7. The van der Waals surface area contributed by atoms with Crippen LogP contribution in [-0.4, -0.2) is 32.1 Å². The number of carbonyl (C=O) groups is 2. The number of carbonyl (C=O) groups excluding carboxylic acids is 2. The van der Waals surface area contributed by atoms with Gasteiger partial charge in [-0.25, -0.2) is 0 Å². The highest BCUT2D eigenvalue weighted by Gasteiger charge is 2.11. The minimum atomic E-state index is -0.609. The van der Waals surface area contributed by atoms with E-state index in [0.717, 1.165) is 12.0 Å². The molecule has 5 nitrogen and oxygen atoms in total. The lowest BCUT2D eigenvalue weighted by Crippen LogP contribution is -2.40. The first-order chi connectivity index (χ1) is 9.67. The third-order valence-corrected chi connectivity index (χ3v) is 2.90. The smallest absolute Gasteiger partial charge is 0.309 e. The fourth-order valence-corrected chi connectivity index (χ4v) is 1.65. The lowest BCUT2D eigenvalue weighted by Gasteiger charge is -2.07. The van der Waals surface area contributed by atoms with Gasteiger partial charge in [-0.2, -0.15) is 0 Å². The van der Waals surface area contributed by atoms with E-state index < -0.39 is 11.8 Å². The Morgan fingerprint density at radius 1 is 1.05 bits per heavy atom. The molecule has 2 N–H and O–H groups in total. The lowest BCUT2D eigenvalue weighted by molar-refractivity contribution is -0.139. The highest BCUT2D eigenvalue weighted by molar-refractivity contribution is 6.35. The minimum Gasteiger partial charge on any atom is -0.385 e. The molecule has 2 amide bonds. The molecule has 1 rings (SSSR count). The van der Waals surface area contributed by atoms with Crippen LogP contribution >= 0.6 is 0 Å². The number of nitrogens with one attached hydrogen (secondary N) is 2. The fraction of sp³-hybridized carbons (Fsp3) is 0.467. The molecular weight excluding hydrogens is 256 g/mol. The Morgan fingerprint density at radius 2 is 1.65 bits per heavy atom. The average molecular weight is 278 g/mol. The van der Waals surface area contributed by atoms with E-state index in [1.165, 1.54) is 5.56 Å². The molecule has 0 aliphatic heterocycles. The van der Waals surface area contributed by atoms with Crippen LogP contribution in [0.4, 0.5) is 0 Å². The number of benzene rings is 1. The van der Waals surface area contributed by atoms with Crippen molar-refractivity contribution in [3.8, 4) is 0 Å². The summed E-state index contributed by atoms with van der Waals surface area (Å²) in [5.74, 6) is -1.21. The summed E-state index contributed by atoms with van der Waals surface area (Å²) < 4.78 is 4.86. The molecule has 0 aliphatic rings. The molecule has 0 aromatic heterocycles. The van der Waals surface area contributed by atoms with Gasteiger partial charge in [0.1, 0.15) is 0 Å². The van der Waals surface area contributed by atoms with Gasteiger partial charge in [-0.3, -0.25) is 9.59 Å². The summed E-state index contributed by atoms with van der Waals surface area (Å²) in [6, 6.07) is 7.95. The summed E-state index contributed by atoms with van der Waals surface area (Å²) in [7, 11) is 1.60. The van der Waals surface area contributed by atoms with Gasteiger partial charge in [-0.15, -0.1) is 0 Å². The molecule has 0 fully saturated rings. The molecule has 1 aromatic rings. The first-order valence-corrected chi connectivity index (χ1v) is 6.80. The summed E-state index contributed by atoms with van der Waals surface area (Å²) in [5, 5.41) is 5.14. The molecule has 0 atom stereocenters. The van der Waals surface area contributed by atoms with Crippen molar-refractivity contribution in [3.63, 3.8) is 0 Å². The fourth-order valence-electron chi connectivity index (χ4n) is 1.65. The second kappa shape index (κ2) is 9.09. The van der Waals surface area contributed by atoms with Gasteiger partial charge in [0.15, 0.2) is 0 Å². The quantitative estimate of drug-likeness (QED) is 0.578. The number of aryl methyl sites for hydroxylation is 1. The van der Waals surface area contributed by atoms with Gasteiger partial charge in [-0.05, 0) is 24.0 Å². The molecule has 110 valence electrons. The predicted molar refractivity (Wildman–Crippen MR) is 77.2 cm³/mol. The molecule has 5 heteroatoms. The summed E-state index contributed by atoms with van der Waals surface area (Å²) in [6.45, 7) is 3.44. The van der Waals surface area contributed by atoms with Crippen LogP contribution in [0.3, 0.4) is 0 Å². The zero-order valence-corrected chi connectivity index (χ0v) is 12.1. The van der Waals surface area contributed by atoms with Crippen molar-refractivity contribution in [1.82, 2.24) is 10.6 Å². The Balaban J connectivity index is 2.29. The molecular formula is C15H22N2O3. The maximum Gasteiger partial charge on any atom is 0.309 e. The Morgan fingerprint density at radius 3 is 2.25 bits per heavy atom. The van der Waals surface area contributed by atoms with Crippen molar-refractivity contribution in [3.05, 3.63) is 35.4 Å². The van der Waals surface area contributed by atoms with E-state index in [1.807, 2.05) is 24.3 Å². The topological polar surface area (TPSA) is 67.4 Å². The van der Waals surface area contributed by atoms with E-state index in [-0.39, 0.29) is 0 Å². The summed E-state index contributed by atoms with van der Waals surface area (Å²) in [5.41, 5.74) is 2.22. The SMILES string of the molecule is CCc1ccc(CNC(=O)C(=O)NCCCOC)cc1. The molecule has 0 saturated carbocycles. The van der Waals surface area contributed by atoms with Crippen molar-refractivity contribution >= 4 is 11.8 Å². The minimum absolute atomic E-state index is 0.355. The predicted octanol–water partition coefficient (Wildman–Crippen LogP) is 1.02. The second-order valence-electron chi connectivity index (χ2n) is 4.45. The van der Waals surface area contributed by atoms with Gasteiger partial charge in [0, 0.05) is 26.8 Å². The van der Waals surface area contributed by atoms with Crippen LogP contribution < -0.4 is 10.6 Å². The lowest BCUT2D eigenvalue weighted by atomic mass is 10.1. The third kappa shape index (κ3) is 5.84. The first kappa shape index (κ1) is 16.2. The van der Waals surface area contributed by atoms with Gasteiger partial charge in [0.2, 0.25) is 0 Å². The number of ether oxygens (including phenoxy) is 1. The molecule has 0 bridgehead atoms. The van der Waals surface area contributed by atoms with E-state index in [9.17, 15) is 9.59 Å². The molecule has 0 heterocycles. The van der Waals surface area contributed by atoms with Crippen LogP contribution in [0.25, 0.3) is 0 Å². The summed E-state index contributed by atoms with van der Waals surface area (Å²) in [4.78, 5) is 23.0. The van der Waals surface area contributed by atoms with E-state index in [1.54, 1.807) is 7.11 Å². The highest BCUT2D eigenvalue weighted by Crippen LogP contribution is 2.04. The number of amides is 2. The van der Waals surface area contributed by atoms with Crippen LogP contribution in [-0.2, 0) is 27.3 Å². The van der Waals surface area contributed by atoms with Crippen LogP contribution in [0.1, 0.15) is 24.5 Å². The molecule has 0 unspecified atom stereocenters. The first-order valence-electron chi connectivity index (χ1n) is 6.80. The Labute approximate surface area is 119 Å². The molecule has 0 aliphatic carbocycles. The second-order valence-corrected chi connectivity index (χ2v) is 4.45. The zero-order chi connectivity index (χ0) is 14.8. The Hall–Kier alpha value is -1.88. The van der Waals surface area contributed by atoms with E-state index >= 15 is 0 Å². The zero-order valence-electron chi connectivity index (χ0n) is 12.1. The largest absolute Gasteiger partial charge is 0.385 e. The van der Waals surface area contributed by atoms with Crippen molar-refractivity contribution in [2.24, 2.45) is 0 Å². The van der Waals surface area contributed by atoms with E-state index in [0.29, 0.717) is 26.1 Å². The Bertz CT molecular complexity index is 429. The van der Waals surface area contributed by atoms with Crippen LogP contribution in [0.15, 0.2) is 24.3 Å².